The number of sulfonamides is 1. The molecule has 40 heavy (non-hydrogen) atoms. The highest BCUT2D eigenvalue weighted by atomic mass is 32.2. The fourth-order valence-electron chi connectivity index (χ4n) is 5.20. The van der Waals surface area contributed by atoms with E-state index in [4.69, 9.17) is 0 Å². The van der Waals surface area contributed by atoms with Gasteiger partial charge in [0.2, 0.25) is 21.8 Å². The Kier molecular flexibility index (Phi) is 9.63. The van der Waals surface area contributed by atoms with Crippen LogP contribution in [0.25, 0.3) is 0 Å². The molecule has 1 aliphatic rings. The Morgan fingerprint density at radius 3 is 2.05 bits per heavy atom. The van der Waals surface area contributed by atoms with Gasteiger partial charge in [-0.3, -0.25) is 13.9 Å². The number of hydrogen-bond acceptors (Lipinski definition) is 4. The Morgan fingerprint density at radius 2 is 1.48 bits per heavy atom. The van der Waals surface area contributed by atoms with Gasteiger partial charge in [-0.15, -0.1) is 0 Å². The number of aryl methyl sites for hydroxylation is 2. The molecule has 1 unspecified atom stereocenters. The van der Waals surface area contributed by atoms with Gasteiger partial charge in [0.1, 0.15) is 12.6 Å². The molecule has 0 bridgehead atoms. The van der Waals surface area contributed by atoms with E-state index < -0.39 is 28.5 Å². The summed E-state index contributed by atoms with van der Waals surface area (Å²) in [7, 11) is -3.79. The van der Waals surface area contributed by atoms with Gasteiger partial charge in [0.05, 0.1) is 11.9 Å². The second-order valence-electron chi connectivity index (χ2n) is 10.7. The van der Waals surface area contributed by atoms with E-state index >= 15 is 0 Å². The lowest BCUT2D eigenvalue weighted by molar-refractivity contribution is -0.140. The van der Waals surface area contributed by atoms with Crippen molar-refractivity contribution in [2.45, 2.75) is 64.6 Å². The first-order chi connectivity index (χ1) is 19.1. The van der Waals surface area contributed by atoms with Crippen LogP contribution in [0.4, 0.5) is 5.69 Å². The minimum absolute atomic E-state index is 0.0857. The molecule has 0 heterocycles. The molecule has 7 nitrogen and oxygen atoms in total. The van der Waals surface area contributed by atoms with Gasteiger partial charge in [-0.2, -0.15) is 0 Å². The van der Waals surface area contributed by atoms with Crippen molar-refractivity contribution >= 4 is 27.5 Å². The minimum Gasteiger partial charge on any atom is -0.352 e. The van der Waals surface area contributed by atoms with Gasteiger partial charge in [0.15, 0.2) is 0 Å². The molecule has 0 saturated heterocycles. The van der Waals surface area contributed by atoms with Crippen molar-refractivity contribution in [1.82, 2.24) is 10.2 Å². The van der Waals surface area contributed by atoms with Crippen LogP contribution in [0, 0.1) is 13.8 Å². The molecule has 0 aliphatic heterocycles. The first kappa shape index (κ1) is 29.3. The first-order valence-corrected chi connectivity index (χ1v) is 15.7. The molecule has 2 amide bonds. The lowest BCUT2D eigenvalue weighted by Gasteiger charge is -2.34. The molecule has 1 atom stereocenters. The SMILES string of the molecule is Cc1ccc(N(CC(=O)N(Cc2ccccc2)C(Cc2ccccc2)C(=O)NC2CCCC2)S(C)(=O)=O)cc1C. The lowest BCUT2D eigenvalue weighted by Crippen LogP contribution is -2.54. The van der Waals surface area contributed by atoms with Crippen molar-refractivity contribution in [1.29, 1.82) is 0 Å². The summed E-state index contributed by atoms with van der Waals surface area (Å²) in [6, 6.07) is 23.7. The summed E-state index contributed by atoms with van der Waals surface area (Å²) >= 11 is 0. The molecule has 1 N–H and O–H groups in total. The summed E-state index contributed by atoms with van der Waals surface area (Å²) in [5, 5.41) is 3.18. The second kappa shape index (κ2) is 13.1. The summed E-state index contributed by atoms with van der Waals surface area (Å²) in [6.07, 6.45) is 5.41. The van der Waals surface area contributed by atoms with Crippen LogP contribution in [0.15, 0.2) is 78.9 Å². The standard InChI is InChI=1S/C32H39N3O4S/c1-24-18-19-29(20-25(24)2)35(40(3,38)39)23-31(36)34(22-27-14-8-5-9-15-27)30(21-26-12-6-4-7-13-26)32(37)33-28-16-10-11-17-28/h4-9,12-15,18-20,28,30H,10-11,16-17,21-23H2,1-3H3,(H,33,37). The van der Waals surface area contributed by atoms with Gasteiger partial charge in [-0.25, -0.2) is 8.42 Å². The third-order valence-corrected chi connectivity index (χ3v) is 8.77. The van der Waals surface area contributed by atoms with Crippen LogP contribution in [0.1, 0.15) is 47.9 Å². The summed E-state index contributed by atoms with van der Waals surface area (Å²) < 4.78 is 27.0. The molecule has 1 saturated carbocycles. The van der Waals surface area contributed by atoms with Crippen molar-refractivity contribution < 1.29 is 18.0 Å². The van der Waals surface area contributed by atoms with Gasteiger partial charge in [-0.05, 0) is 61.1 Å². The number of nitrogens with zero attached hydrogens (tertiary/aromatic N) is 2. The van der Waals surface area contributed by atoms with E-state index in [1.807, 2.05) is 80.6 Å². The third kappa shape index (κ3) is 7.72. The zero-order valence-electron chi connectivity index (χ0n) is 23.5. The highest BCUT2D eigenvalue weighted by Crippen LogP contribution is 2.24. The van der Waals surface area contributed by atoms with Gasteiger partial charge in [0, 0.05) is 19.0 Å². The van der Waals surface area contributed by atoms with E-state index in [0.29, 0.717) is 12.1 Å². The van der Waals surface area contributed by atoms with Gasteiger partial charge in [0.25, 0.3) is 0 Å². The quantitative estimate of drug-likeness (QED) is 0.366. The topological polar surface area (TPSA) is 86.8 Å². The minimum atomic E-state index is -3.79. The molecule has 212 valence electrons. The summed E-state index contributed by atoms with van der Waals surface area (Å²) in [5.74, 6) is -0.646. The molecule has 1 aliphatic carbocycles. The predicted molar refractivity (Wildman–Crippen MR) is 159 cm³/mol. The highest BCUT2D eigenvalue weighted by Gasteiger charge is 2.34. The second-order valence-corrected chi connectivity index (χ2v) is 12.6. The van der Waals surface area contributed by atoms with Gasteiger partial charge < -0.3 is 10.2 Å². The molecule has 3 aromatic carbocycles. The Hall–Kier alpha value is -3.65. The van der Waals surface area contributed by atoms with E-state index in [0.717, 1.165) is 58.5 Å². The number of nitrogens with one attached hydrogen (secondary N) is 1. The Balaban J connectivity index is 1.71. The van der Waals surface area contributed by atoms with Crippen molar-refractivity contribution in [3.63, 3.8) is 0 Å². The van der Waals surface area contributed by atoms with Crippen molar-refractivity contribution in [2.75, 3.05) is 17.1 Å². The summed E-state index contributed by atoms with van der Waals surface area (Å²) in [5.41, 5.74) is 4.17. The average molecular weight is 562 g/mol. The smallest absolute Gasteiger partial charge is 0.244 e. The first-order valence-electron chi connectivity index (χ1n) is 13.8. The Morgan fingerprint density at radius 1 is 0.875 bits per heavy atom. The Bertz CT molecular complexity index is 1400. The number of rotatable bonds is 11. The fraction of sp³-hybridized carbons (Fsp3) is 0.375. The molecular formula is C32H39N3O4S. The number of hydrogen-bond donors (Lipinski definition) is 1. The molecule has 3 aromatic rings. The van der Waals surface area contributed by atoms with Crippen LogP contribution in [0.3, 0.4) is 0 Å². The van der Waals surface area contributed by atoms with E-state index in [-0.39, 0.29) is 18.5 Å². The zero-order valence-corrected chi connectivity index (χ0v) is 24.4. The van der Waals surface area contributed by atoms with Crippen LogP contribution in [-0.2, 0) is 32.6 Å². The van der Waals surface area contributed by atoms with Crippen molar-refractivity contribution in [3.8, 4) is 0 Å². The number of amides is 2. The van der Waals surface area contributed by atoms with Crippen molar-refractivity contribution in [3.05, 3.63) is 101 Å². The Labute approximate surface area is 238 Å². The molecule has 4 rings (SSSR count). The van der Waals surface area contributed by atoms with Crippen LogP contribution in [0.2, 0.25) is 0 Å². The molecule has 0 spiro atoms. The van der Waals surface area contributed by atoms with Gasteiger partial charge >= 0.3 is 0 Å². The van der Waals surface area contributed by atoms with Crippen LogP contribution in [-0.4, -0.2) is 50.0 Å². The predicted octanol–water partition coefficient (Wildman–Crippen LogP) is 4.77. The maximum Gasteiger partial charge on any atom is 0.244 e. The largest absolute Gasteiger partial charge is 0.352 e. The average Bonchev–Trinajstić information content (AvgIpc) is 3.44. The van der Waals surface area contributed by atoms with Crippen LogP contribution in [0.5, 0.6) is 0 Å². The van der Waals surface area contributed by atoms with Crippen LogP contribution < -0.4 is 9.62 Å². The normalized spacial score (nSPS) is 14.5. The van der Waals surface area contributed by atoms with E-state index in [1.165, 1.54) is 0 Å². The summed E-state index contributed by atoms with van der Waals surface area (Å²) in [4.78, 5) is 29.5. The number of anilines is 1. The molecule has 1 fully saturated rings. The van der Waals surface area contributed by atoms with E-state index in [9.17, 15) is 18.0 Å². The maximum absolute atomic E-state index is 14.1. The van der Waals surface area contributed by atoms with E-state index in [1.54, 1.807) is 17.0 Å². The molecule has 0 aromatic heterocycles. The fourth-order valence-corrected chi connectivity index (χ4v) is 6.04. The molecule has 8 heteroatoms. The van der Waals surface area contributed by atoms with Crippen molar-refractivity contribution in [2.24, 2.45) is 0 Å². The third-order valence-electron chi connectivity index (χ3n) is 7.63. The number of carbonyl (C=O) groups is 2. The molecule has 0 radical (unpaired) electrons. The maximum atomic E-state index is 14.1. The summed E-state index contributed by atoms with van der Waals surface area (Å²) in [6.45, 7) is 3.63. The number of benzene rings is 3. The lowest BCUT2D eigenvalue weighted by atomic mass is 10.0. The monoisotopic (exact) mass is 561 g/mol. The highest BCUT2D eigenvalue weighted by molar-refractivity contribution is 7.92. The number of carbonyl (C=O) groups excluding carboxylic acids is 2. The van der Waals surface area contributed by atoms with Gasteiger partial charge in [-0.1, -0.05) is 79.6 Å². The molecular weight excluding hydrogens is 522 g/mol. The van der Waals surface area contributed by atoms with E-state index in [2.05, 4.69) is 5.32 Å². The van der Waals surface area contributed by atoms with Crippen LogP contribution >= 0.6 is 0 Å². The zero-order chi connectivity index (χ0) is 28.7.